The standard InChI is InChI=1S/C24H31N3O3S/c1-5-30-22(28)17-31-21-11-10-18(16-25-21)23(29)27-14-12-26(13-15-27)20-9-7-6-8-19(20)24(2,3)4/h6-11,16H,5,12-15,17H2,1-4H3. The van der Waals surface area contributed by atoms with Gasteiger partial charge in [-0.3, -0.25) is 9.59 Å². The number of thioether (sulfide) groups is 1. The molecule has 0 unspecified atom stereocenters. The van der Waals surface area contributed by atoms with Crippen molar-refractivity contribution >= 4 is 29.3 Å². The highest BCUT2D eigenvalue weighted by atomic mass is 32.2. The molecule has 166 valence electrons. The maximum Gasteiger partial charge on any atom is 0.316 e. The molecule has 6 nitrogen and oxygen atoms in total. The van der Waals surface area contributed by atoms with Gasteiger partial charge in [0.05, 0.1) is 22.9 Å². The van der Waals surface area contributed by atoms with E-state index in [9.17, 15) is 9.59 Å². The Kier molecular flexibility index (Phi) is 7.59. The Balaban J connectivity index is 1.58. The van der Waals surface area contributed by atoms with Crippen molar-refractivity contribution in [2.24, 2.45) is 0 Å². The van der Waals surface area contributed by atoms with Gasteiger partial charge in [0.15, 0.2) is 0 Å². The van der Waals surface area contributed by atoms with E-state index in [0.29, 0.717) is 30.3 Å². The van der Waals surface area contributed by atoms with Gasteiger partial charge in [0.25, 0.3) is 5.91 Å². The first kappa shape index (κ1) is 23.1. The molecule has 0 radical (unpaired) electrons. The molecule has 1 amide bonds. The van der Waals surface area contributed by atoms with Gasteiger partial charge in [-0.1, -0.05) is 50.7 Å². The van der Waals surface area contributed by atoms with Crippen molar-refractivity contribution in [3.8, 4) is 0 Å². The molecule has 0 bridgehead atoms. The van der Waals surface area contributed by atoms with E-state index in [1.165, 1.54) is 23.0 Å². The number of carbonyl (C=O) groups is 2. The molecular weight excluding hydrogens is 410 g/mol. The second kappa shape index (κ2) is 10.2. The zero-order valence-electron chi connectivity index (χ0n) is 18.8. The minimum Gasteiger partial charge on any atom is -0.465 e. The number of ether oxygens (including phenoxy) is 1. The van der Waals surface area contributed by atoms with Gasteiger partial charge in [0.2, 0.25) is 0 Å². The number of anilines is 1. The summed E-state index contributed by atoms with van der Waals surface area (Å²) in [6.45, 7) is 11.8. The summed E-state index contributed by atoms with van der Waals surface area (Å²) in [6, 6.07) is 12.1. The molecule has 1 aliphatic rings. The second-order valence-electron chi connectivity index (χ2n) is 8.53. The highest BCUT2D eigenvalue weighted by Crippen LogP contribution is 2.32. The molecule has 1 aromatic heterocycles. The molecule has 7 heteroatoms. The van der Waals surface area contributed by atoms with Gasteiger partial charge >= 0.3 is 5.97 Å². The highest BCUT2D eigenvalue weighted by Gasteiger charge is 2.26. The molecule has 1 saturated heterocycles. The van der Waals surface area contributed by atoms with Crippen LogP contribution in [0.4, 0.5) is 5.69 Å². The summed E-state index contributed by atoms with van der Waals surface area (Å²) in [6.07, 6.45) is 1.59. The summed E-state index contributed by atoms with van der Waals surface area (Å²) in [5, 5.41) is 0.702. The lowest BCUT2D eigenvalue weighted by atomic mass is 9.85. The predicted molar refractivity (Wildman–Crippen MR) is 125 cm³/mol. The summed E-state index contributed by atoms with van der Waals surface area (Å²) in [4.78, 5) is 33.0. The van der Waals surface area contributed by atoms with Gasteiger partial charge in [-0.25, -0.2) is 4.98 Å². The van der Waals surface area contributed by atoms with E-state index < -0.39 is 0 Å². The monoisotopic (exact) mass is 441 g/mol. The predicted octanol–water partition coefficient (Wildman–Crippen LogP) is 4.00. The van der Waals surface area contributed by atoms with Crippen LogP contribution in [0.15, 0.2) is 47.6 Å². The van der Waals surface area contributed by atoms with E-state index in [0.717, 1.165) is 13.1 Å². The van der Waals surface area contributed by atoms with E-state index in [1.807, 2.05) is 4.90 Å². The lowest BCUT2D eigenvalue weighted by Gasteiger charge is -2.38. The Labute approximate surface area is 189 Å². The van der Waals surface area contributed by atoms with E-state index in [1.54, 1.807) is 25.3 Å². The molecular formula is C24H31N3O3S. The van der Waals surface area contributed by atoms with Gasteiger partial charge in [-0.05, 0) is 36.1 Å². The molecule has 0 N–H and O–H groups in total. The van der Waals surface area contributed by atoms with Crippen LogP contribution in [0.2, 0.25) is 0 Å². The number of carbonyl (C=O) groups excluding carboxylic acids is 2. The number of esters is 1. The minimum absolute atomic E-state index is 0.00167. The Morgan fingerprint density at radius 1 is 1.06 bits per heavy atom. The molecule has 31 heavy (non-hydrogen) atoms. The Hall–Kier alpha value is -2.54. The molecule has 2 aromatic rings. The first-order valence-corrected chi connectivity index (χ1v) is 11.7. The molecule has 2 heterocycles. The SMILES string of the molecule is CCOC(=O)CSc1ccc(C(=O)N2CCN(c3ccccc3C(C)(C)C)CC2)cn1. The second-order valence-corrected chi connectivity index (χ2v) is 9.52. The highest BCUT2D eigenvalue weighted by molar-refractivity contribution is 7.99. The van der Waals surface area contributed by atoms with Gasteiger partial charge in [-0.2, -0.15) is 0 Å². The maximum atomic E-state index is 12.9. The fourth-order valence-corrected chi connectivity index (χ4v) is 4.28. The third kappa shape index (κ3) is 6.00. The molecule has 0 spiro atoms. The van der Waals surface area contributed by atoms with Gasteiger partial charge in [-0.15, -0.1) is 0 Å². The largest absolute Gasteiger partial charge is 0.465 e. The van der Waals surface area contributed by atoms with Crippen LogP contribution in [-0.2, 0) is 14.9 Å². The van der Waals surface area contributed by atoms with Gasteiger partial charge in [0, 0.05) is 38.1 Å². The Bertz CT molecular complexity index is 901. The van der Waals surface area contributed by atoms with Crippen molar-refractivity contribution in [3.05, 3.63) is 53.7 Å². The fourth-order valence-electron chi connectivity index (χ4n) is 3.64. The van der Waals surface area contributed by atoms with Crippen LogP contribution in [0, 0.1) is 0 Å². The van der Waals surface area contributed by atoms with Crippen LogP contribution in [0.3, 0.4) is 0 Å². The molecule has 0 saturated carbocycles. The van der Waals surface area contributed by atoms with Crippen LogP contribution < -0.4 is 4.90 Å². The first-order valence-electron chi connectivity index (χ1n) is 10.7. The van der Waals surface area contributed by atoms with E-state index >= 15 is 0 Å². The van der Waals surface area contributed by atoms with E-state index in [4.69, 9.17) is 4.74 Å². The lowest BCUT2D eigenvalue weighted by molar-refractivity contribution is -0.139. The first-order chi connectivity index (χ1) is 14.8. The minimum atomic E-state index is -0.264. The number of para-hydroxylation sites is 1. The molecule has 0 atom stereocenters. The Morgan fingerprint density at radius 3 is 2.39 bits per heavy atom. The summed E-state index contributed by atoms with van der Waals surface area (Å²) < 4.78 is 4.92. The topological polar surface area (TPSA) is 62.7 Å². The van der Waals surface area contributed by atoms with Crippen molar-refractivity contribution < 1.29 is 14.3 Å². The molecule has 1 fully saturated rings. The zero-order chi connectivity index (χ0) is 22.4. The zero-order valence-corrected chi connectivity index (χ0v) is 19.6. The van der Waals surface area contributed by atoms with E-state index in [-0.39, 0.29) is 23.0 Å². The summed E-state index contributed by atoms with van der Waals surface area (Å²) in [5.74, 6) is -0.0508. The fraction of sp³-hybridized carbons (Fsp3) is 0.458. The number of aromatic nitrogens is 1. The molecule has 1 aromatic carbocycles. The van der Waals surface area contributed by atoms with E-state index in [2.05, 4.69) is 54.9 Å². The average Bonchev–Trinajstić information content (AvgIpc) is 2.77. The van der Waals surface area contributed by atoms with Crippen LogP contribution in [-0.4, -0.2) is 60.3 Å². The number of hydrogen-bond donors (Lipinski definition) is 0. The van der Waals surface area contributed by atoms with Gasteiger partial charge < -0.3 is 14.5 Å². The van der Waals surface area contributed by atoms with Crippen LogP contribution in [0.5, 0.6) is 0 Å². The van der Waals surface area contributed by atoms with Gasteiger partial charge in [0.1, 0.15) is 0 Å². The lowest BCUT2D eigenvalue weighted by Crippen LogP contribution is -2.49. The smallest absolute Gasteiger partial charge is 0.316 e. The molecule has 0 aliphatic carbocycles. The van der Waals surface area contributed by atoms with Crippen molar-refractivity contribution in [1.82, 2.24) is 9.88 Å². The normalized spacial score (nSPS) is 14.5. The van der Waals surface area contributed by atoms with Crippen LogP contribution in [0.1, 0.15) is 43.6 Å². The number of pyridine rings is 1. The average molecular weight is 442 g/mol. The van der Waals surface area contributed by atoms with Crippen molar-refractivity contribution in [2.45, 2.75) is 38.1 Å². The number of piperazine rings is 1. The van der Waals surface area contributed by atoms with Crippen molar-refractivity contribution in [3.63, 3.8) is 0 Å². The summed E-state index contributed by atoms with van der Waals surface area (Å²) in [7, 11) is 0. The quantitative estimate of drug-likeness (QED) is 0.499. The number of hydrogen-bond acceptors (Lipinski definition) is 6. The third-order valence-electron chi connectivity index (χ3n) is 5.25. The maximum absolute atomic E-state index is 12.9. The number of amides is 1. The summed E-state index contributed by atoms with van der Waals surface area (Å²) in [5.41, 5.74) is 3.23. The van der Waals surface area contributed by atoms with Crippen molar-refractivity contribution in [1.29, 1.82) is 0 Å². The number of benzene rings is 1. The summed E-state index contributed by atoms with van der Waals surface area (Å²) >= 11 is 1.31. The third-order valence-corrected chi connectivity index (χ3v) is 6.16. The molecule has 1 aliphatic heterocycles. The number of nitrogens with zero attached hydrogens (tertiary/aromatic N) is 3. The Morgan fingerprint density at radius 2 is 1.77 bits per heavy atom. The number of rotatable bonds is 6. The van der Waals surface area contributed by atoms with Crippen LogP contribution in [0.25, 0.3) is 0 Å². The van der Waals surface area contributed by atoms with Crippen LogP contribution >= 0.6 is 11.8 Å². The van der Waals surface area contributed by atoms with Crippen molar-refractivity contribution in [2.75, 3.05) is 43.4 Å². The molecule has 3 rings (SSSR count).